The zero-order chi connectivity index (χ0) is 16.9. The Hall–Kier alpha value is -2.55. The summed E-state index contributed by atoms with van der Waals surface area (Å²) in [4.78, 5) is 4.69. The number of hydrogen-bond donors (Lipinski definition) is 1. The average molecular weight is 329 g/mol. The third-order valence-corrected chi connectivity index (χ3v) is 6.09. The van der Waals surface area contributed by atoms with Crippen molar-refractivity contribution in [1.82, 2.24) is 9.55 Å². The summed E-state index contributed by atoms with van der Waals surface area (Å²) in [6, 6.07) is 17.2. The number of aromatic nitrogens is 2. The third kappa shape index (κ3) is 2.08. The van der Waals surface area contributed by atoms with Crippen LogP contribution in [-0.2, 0) is 5.54 Å². The van der Waals surface area contributed by atoms with Crippen molar-refractivity contribution in [3.8, 4) is 11.4 Å². The molecule has 3 heteroatoms. The van der Waals surface area contributed by atoms with Crippen LogP contribution in [0.15, 0.2) is 60.9 Å². The van der Waals surface area contributed by atoms with Crippen LogP contribution in [0.3, 0.4) is 0 Å². The fraction of sp³-hybridized carbons (Fsp3) is 0.318. The van der Waals surface area contributed by atoms with Gasteiger partial charge in [0, 0.05) is 23.6 Å². The minimum atomic E-state index is -0.188. The molecule has 2 aliphatic rings. The molecule has 2 heterocycles. The van der Waals surface area contributed by atoms with Crippen LogP contribution in [0, 0.1) is 5.92 Å². The van der Waals surface area contributed by atoms with E-state index in [4.69, 9.17) is 5.73 Å². The monoisotopic (exact) mass is 329 g/mol. The molecule has 1 fully saturated rings. The number of imidazole rings is 1. The molecule has 0 amide bonds. The SMILES string of the molecule is Nc1cccc(C2(CC3CCCC3)c3ccccc3-c3nccn32)c1. The van der Waals surface area contributed by atoms with Gasteiger partial charge in [-0.05, 0) is 35.6 Å². The van der Waals surface area contributed by atoms with Crippen LogP contribution in [0.1, 0.15) is 43.2 Å². The van der Waals surface area contributed by atoms with Crippen LogP contribution in [0.2, 0.25) is 0 Å². The van der Waals surface area contributed by atoms with E-state index >= 15 is 0 Å². The van der Waals surface area contributed by atoms with E-state index in [9.17, 15) is 0 Å². The van der Waals surface area contributed by atoms with Gasteiger partial charge in [0.25, 0.3) is 0 Å². The largest absolute Gasteiger partial charge is 0.399 e. The standard InChI is InChI=1S/C22H23N3/c23-18-9-5-8-17(14-18)22(15-16-6-1-2-7-16)20-11-4-3-10-19(20)21-24-12-13-25(21)22/h3-5,8-14,16H,1-2,6-7,15,23H2. The maximum Gasteiger partial charge on any atom is 0.141 e. The van der Waals surface area contributed by atoms with E-state index in [1.807, 2.05) is 12.3 Å². The van der Waals surface area contributed by atoms with E-state index in [1.54, 1.807) is 0 Å². The van der Waals surface area contributed by atoms with Crippen molar-refractivity contribution in [2.24, 2.45) is 5.92 Å². The molecule has 0 bridgehead atoms. The summed E-state index contributed by atoms with van der Waals surface area (Å²) >= 11 is 0. The van der Waals surface area contributed by atoms with Gasteiger partial charge in [-0.25, -0.2) is 4.98 Å². The highest BCUT2D eigenvalue weighted by atomic mass is 15.2. The van der Waals surface area contributed by atoms with Crippen LogP contribution >= 0.6 is 0 Å². The van der Waals surface area contributed by atoms with Crippen molar-refractivity contribution in [1.29, 1.82) is 0 Å². The summed E-state index contributed by atoms with van der Waals surface area (Å²) in [6.45, 7) is 0. The molecule has 0 radical (unpaired) electrons. The molecule has 1 atom stereocenters. The number of anilines is 1. The lowest BCUT2D eigenvalue weighted by Gasteiger charge is -2.36. The molecule has 1 saturated carbocycles. The second-order valence-electron chi connectivity index (χ2n) is 7.51. The zero-order valence-corrected chi connectivity index (χ0v) is 14.4. The van der Waals surface area contributed by atoms with E-state index in [0.717, 1.165) is 23.9 Å². The number of rotatable bonds is 3. The molecule has 1 aliphatic heterocycles. The molecular weight excluding hydrogens is 306 g/mol. The Balaban J connectivity index is 1.79. The van der Waals surface area contributed by atoms with E-state index in [1.165, 1.54) is 42.4 Å². The Bertz CT molecular complexity index is 920. The van der Waals surface area contributed by atoms with Crippen molar-refractivity contribution in [3.63, 3.8) is 0 Å². The summed E-state index contributed by atoms with van der Waals surface area (Å²) in [7, 11) is 0. The van der Waals surface area contributed by atoms with E-state index < -0.39 is 0 Å². The van der Waals surface area contributed by atoms with Gasteiger partial charge in [0.15, 0.2) is 0 Å². The average Bonchev–Trinajstić information content (AvgIpc) is 3.35. The van der Waals surface area contributed by atoms with Gasteiger partial charge in [-0.1, -0.05) is 62.1 Å². The molecular formula is C22H23N3. The summed E-state index contributed by atoms with van der Waals surface area (Å²) < 4.78 is 2.39. The fourth-order valence-corrected chi connectivity index (χ4v) is 5.03. The van der Waals surface area contributed by atoms with Crippen LogP contribution in [0.4, 0.5) is 5.69 Å². The third-order valence-electron chi connectivity index (χ3n) is 6.09. The van der Waals surface area contributed by atoms with Gasteiger partial charge in [0.2, 0.25) is 0 Å². The zero-order valence-electron chi connectivity index (χ0n) is 14.4. The Kier molecular flexibility index (Phi) is 3.24. The normalized spacial score (nSPS) is 22.1. The number of nitrogens with zero attached hydrogens (tertiary/aromatic N) is 2. The second-order valence-corrected chi connectivity index (χ2v) is 7.51. The van der Waals surface area contributed by atoms with Crippen LogP contribution in [-0.4, -0.2) is 9.55 Å². The minimum absolute atomic E-state index is 0.188. The lowest BCUT2D eigenvalue weighted by molar-refractivity contribution is 0.332. The van der Waals surface area contributed by atoms with Crippen molar-refractivity contribution >= 4 is 5.69 Å². The second kappa shape index (κ2) is 5.48. The maximum absolute atomic E-state index is 6.18. The molecule has 3 aromatic rings. The molecule has 1 aromatic heterocycles. The van der Waals surface area contributed by atoms with E-state index in [2.05, 4.69) is 58.2 Å². The quantitative estimate of drug-likeness (QED) is 0.700. The van der Waals surface area contributed by atoms with Crippen LogP contribution in [0.25, 0.3) is 11.4 Å². The van der Waals surface area contributed by atoms with Crippen molar-refractivity contribution in [2.75, 3.05) is 5.73 Å². The minimum Gasteiger partial charge on any atom is -0.399 e. The smallest absolute Gasteiger partial charge is 0.141 e. The predicted molar refractivity (Wildman–Crippen MR) is 101 cm³/mol. The molecule has 2 aromatic carbocycles. The number of nitrogens with two attached hydrogens (primary N) is 1. The van der Waals surface area contributed by atoms with Gasteiger partial charge in [0.1, 0.15) is 5.82 Å². The molecule has 25 heavy (non-hydrogen) atoms. The molecule has 126 valence electrons. The lowest BCUT2D eigenvalue weighted by Crippen LogP contribution is -2.35. The van der Waals surface area contributed by atoms with Crippen molar-refractivity contribution in [2.45, 2.75) is 37.6 Å². The first-order chi connectivity index (χ1) is 12.3. The molecule has 1 unspecified atom stereocenters. The van der Waals surface area contributed by atoms with E-state index in [0.29, 0.717) is 0 Å². The van der Waals surface area contributed by atoms with Gasteiger partial charge in [-0.15, -0.1) is 0 Å². The van der Waals surface area contributed by atoms with Gasteiger partial charge in [0.05, 0.1) is 5.54 Å². The van der Waals surface area contributed by atoms with Gasteiger partial charge >= 0.3 is 0 Å². The number of hydrogen-bond acceptors (Lipinski definition) is 2. The Morgan fingerprint density at radius 3 is 2.76 bits per heavy atom. The van der Waals surface area contributed by atoms with E-state index in [-0.39, 0.29) is 5.54 Å². The Labute approximate surface area is 148 Å². The molecule has 5 rings (SSSR count). The highest BCUT2D eigenvalue weighted by molar-refractivity contribution is 5.71. The molecule has 0 spiro atoms. The first-order valence-corrected chi connectivity index (χ1v) is 9.29. The van der Waals surface area contributed by atoms with Gasteiger partial charge < -0.3 is 10.3 Å². The lowest BCUT2D eigenvalue weighted by atomic mass is 9.76. The van der Waals surface area contributed by atoms with Gasteiger partial charge in [-0.2, -0.15) is 0 Å². The number of benzene rings is 2. The summed E-state index contributed by atoms with van der Waals surface area (Å²) in [5.41, 5.74) is 10.7. The molecule has 2 N–H and O–H groups in total. The highest BCUT2D eigenvalue weighted by Gasteiger charge is 2.46. The predicted octanol–water partition coefficient (Wildman–Crippen LogP) is 4.82. The van der Waals surface area contributed by atoms with Crippen molar-refractivity contribution in [3.05, 3.63) is 72.1 Å². The summed E-state index contributed by atoms with van der Waals surface area (Å²) in [6.07, 6.45) is 10.6. The summed E-state index contributed by atoms with van der Waals surface area (Å²) in [5, 5.41) is 0. The van der Waals surface area contributed by atoms with Crippen LogP contribution in [0.5, 0.6) is 0 Å². The number of nitrogen functional groups attached to an aromatic ring is 1. The van der Waals surface area contributed by atoms with Crippen molar-refractivity contribution < 1.29 is 0 Å². The number of fused-ring (bicyclic) bond motifs is 3. The molecule has 0 saturated heterocycles. The highest BCUT2D eigenvalue weighted by Crippen LogP contribution is 2.52. The molecule has 3 nitrogen and oxygen atoms in total. The Morgan fingerprint density at radius 2 is 1.92 bits per heavy atom. The fourth-order valence-electron chi connectivity index (χ4n) is 5.03. The Morgan fingerprint density at radius 1 is 1.08 bits per heavy atom. The van der Waals surface area contributed by atoms with Crippen LogP contribution < -0.4 is 5.73 Å². The maximum atomic E-state index is 6.18. The first-order valence-electron chi connectivity index (χ1n) is 9.29. The van der Waals surface area contributed by atoms with Gasteiger partial charge in [-0.3, -0.25) is 0 Å². The first kappa shape index (κ1) is 14.8. The topological polar surface area (TPSA) is 43.8 Å². The molecule has 1 aliphatic carbocycles. The summed E-state index contributed by atoms with van der Waals surface area (Å²) in [5.74, 6) is 1.83.